The van der Waals surface area contributed by atoms with Gasteiger partial charge in [-0.3, -0.25) is 14.5 Å². The molecule has 3 rings (SSSR count). The van der Waals surface area contributed by atoms with E-state index in [-0.39, 0.29) is 18.4 Å². The molecule has 0 bridgehead atoms. The molecular weight excluding hydrogens is 376 g/mol. The van der Waals surface area contributed by atoms with Crippen molar-refractivity contribution < 1.29 is 9.59 Å². The highest BCUT2D eigenvalue weighted by atomic mass is 32.2. The van der Waals surface area contributed by atoms with Gasteiger partial charge in [-0.25, -0.2) is 0 Å². The predicted molar refractivity (Wildman–Crippen MR) is 115 cm³/mol. The number of hydrogen-bond acceptors (Lipinski definition) is 4. The third-order valence-electron chi connectivity index (χ3n) is 4.68. The summed E-state index contributed by atoms with van der Waals surface area (Å²) in [5.41, 5.74) is 2.05. The summed E-state index contributed by atoms with van der Waals surface area (Å²) in [6.45, 7) is 3.57. The lowest BCUT2D eigenvalue weighted by atomic mass is 10.1. The standard InChI is InChI=1S/C21H24N2O2S2/c1-16(13-17-9-5-4-6-10-17)14-18-20(25)23(21(26)27-18)15-19(24)22-11-7-2-3-8-12-22/h4-6,9-10,13-14H,2-3,7-8,11-12,15H2,1H3. The van der Waals surface area contributed by atoms with Crippen LogP contribution in [0.15, 0.2) is 46.9 Å². The van der Waals surface area contributed by atoms with E-state index >= 15 is 0 Å². The number of carbonyl (C=O) groups excluding carboxylic acids is 2. The number of hydrogen-bond donors (Lipinski definition) is 0. The molecule has 0 radical (unpaired) electrons. The molecule has 6 heteroatoms. The summed E-state index contributed by atoms with van der Waals surface area (Å²) >= 11 is 6.63. The van der Waals surface area contributed by atoms with E-state index in [0.29, 0.717) is 9.23 Å². The van der Waals surface area contributed by atoms with Crippen LogP contribution in [0.5, 0.6) is 0 Å². The molecule has 2 saturated heterocycles. The summed E-state index contributed by atoms with van der Waals surface area (Å²) in [4.78, 5) is 29.2. The number of likely N-dealkylation sites (tertiary alicyclic amines) is 1. The van der Waals surface area contributed by atoms with Gasteiger partial charge < -0.3 is 4.90 Å². The Morgan fingerprint density at radius 2 is 1.81 bits per heavy atom. The molecule has 4 nitrogen and oxygen atoms in total. The van der Waals surface area contributed by atoms with Crippen LogP contribution in [-0.4, -0.2) is 45.6 Å². The maximum Gasteiger partial charge on any atom is 0.266 e. The van der Waals surface area contributed by atoms with Crippen LogP contribution >= 0.6 is 24.0 Å². The molecule has 0 atom stereocenters. The van der Waals surface area contributed by atoms with Gasteiger partial charge in [-0.05, 0) is 37.0 Å². The summed E-state index contributed by atoms with van der Waals surface area (Å²) in [5, 5.41) is 0. The van der Waals surface area contributed by atoms with Crippen molar-refractivity contribution >= 4 is 46.2 Å². The molecule has 1 aromatic rings. The predicted octanol–water partition coefficient (Wildman–Crippen LogP) is 4.24. The van der Waals surface area contributed by atoms with Crippen molar-refractivity contribution in [1.29, 1.82) is 0 Å². The van der Waals surface area contributed by atoms with Crippen molar-refractivity contribution in [3.8, 4) is 0 Å². The number of allylic oxidation sites excluding steroid dienone is 2. The van der Waals surface area contributed by atoms with E-state index in [2.05, 4.69) is 0 Å². The number of nitrogens with zero attached hydrogens (tertiary/aromatic N) is 2. The second-order valence-electron chi connectivity index (χ2n) is 6.86. The van der Waals surface area contributed by atoms with Gasteiger partial charge in [0.15, 0.2) is 0 Å². The number of amides is 2. The Hall–Kier alpha value is -1.92. The van der Waals surface area contributed by atoms with Gasteiger partial charge >= 0.3 is 0 Å². The van der Waals surface area contributed by atoms with Gasteiger partial charge in [0, 0.05) is 13.1 Å². The largest absolute Gasteiger partial charge is 0.341 e. The minimum absolute atomic E-state index is 0.00833. The van der Waals surface area contributed by atoms with Crippen molar-refractivity contribution in [3.63, 3.8) is 0 Å². The Bertz CT molecular complexity index is 779. The minimum atomic E-state index is -0.172. The molecule has 2 heterocycles. The Morgan fingerprint density at radius 1 is 1.15 bits per heavy atom. The summed E-state index contributed by atoms with van der Waals surface area (Å²) in [7, 11) is 0. The van der Waals surface area contributed by atoms with Gasteiger partial charge in [0.2, 0.25) is 5.91 Å². The quantitative estimate of drug-likeness (QED) is 0.560. The molecular formula is C21H24N2O2S2. The summed E-state index contributed by atoms with van der Waals surface area (Å²) in [6, 6.07) is 9.96. The first-order valence-corrected chi connectivity index (χ1v) is 10.5. The molecule has 1 aromatic carbocycles. The molecule has 2 aliphatic heterocycles. The Morgan fingerprint density at radius 3 is 2.48 bits per heavy atom. The van der Waals surface area contributed by atoms with E-state index in [1.54, 1.807) is 0 Å². The summed E-state index contributed by atoms with van der Waals surface area (Å²) in [5.74, 6) is -0.181. The van der Waals surface area contributed by atoms with Gasteiger partial charge in [0.25, 0.3) is 5.91 Å². The normalized spacial score (nSPS) is 20.3. The SMILES string of the molecule is CC(=Cc1ccccc1)C=C1SC(=S)N(CC(=O)N2CCCCCC2)C1=O. The first-order chi connectivity index (χ1) is 13.0. The fraction of sp³-hybridized carbons (Fsp3) is 0.381. The van der Waals surface area contributed by atoms with Crippen LogP contribution < -0.4 is 0 Å². The van der Waals surface area contributed by atoms with Crippen LogP contribution in [-0.2, 0) is 9.59 Å². The fourth-order valence-electron chi connectivity index (χ4n) is 3.25. The number of thiocarbonyl (C=S) groups is 1. The van der Waals surface area contributed by atoms with Crippen LogP contribution in [0.2, 0.25) is 0 Å². The second kappa shape index (κ2) is 9.33. The van der Waals surface area contributed by atoms with Crippen molar-refractivity contribution in [2.45, 2.75) is 32.6 Å². The van der Waals surface area contributed by atoms with Gasteiger partial charge in [0.1, 0.15) is 10.9 Å². The molecule has 142 valence electrons. The zero-order valence-electron chi connectivity index (χ0n) is 15.5. The molecule has 0 aliphatic carbocycles. The summed E-state index contributed by atoms with van der Waals surface area (Å²) in [6.07, 6.45) is 8.28. The Balaban J connectivity index is 1.67. The number of carbonyl (C=O) groups is 2. The van der Waals surface area contributed by atoms with Crippen molar-refractivity contribution in [1.82, 2.24) is 9.80 Å². The lowest BCUT2D eigenvalue weighted by Gasteiger charge is -2.23. The number of benzene rings is 1. The van der Waals surface area contributed by atoms with Gasteiger partial charge in [-0.1, -0.05) is 73.2 Å². The van der Waals surface area contributed by atoms with Gasteiger partial charge in [-0.2, -0.15) is 0 Å². The first kappa shape index (κ1) is 19.8. The first-order valence-electron chi connectivity index (χ1n) is 9.31. The second-order valence-corrected chi connectivity index (χ2v) is 8.54. The van der Waals surface area contributed by atoms with Crippen LogP contribution in [0, 0.1) is 0 Å². The van der Waals surface area contributed by atoms with Crippen LogP contribution in [0.1, 0.15) is 38.2 Å². The third kappa shape index (κ3) is 5.30. The van der Waals surface area contributed by atoms with Crippen LogP contribution in [0.3, 0.4) is 0 Å². The average Bonchev–Trinajstić information content (AvgIpc) is 2.87. The van der Waals surface area contributed by atoms with Crippen molar-refractivity contribution in [2.24, 2.45) is 0 Å². The van der Waals surface area contributed by atoms with E-state index in [4.69, 9.17) is 12.2 Å². The minimum Gasteiger partial charge on any atom is -0.341 e. The van der Waals surface area contributed by atoms with Crippen molar-refractivity contribution in [3.05, 3.63) is 52.4 Å². The average molecular weight is 401 g/mol. The van der Waals surface area contributed by atoms with Crippen molar-refractivity contribution in [2.75, 3.05) is 19.6 Å². The molecule has 2 amide bonds. The molecule has 0 N–H and O–H groups in total. The Kier molecular flexibility index (Phi) is 6.85. The highest BCUT2D eigenvalue weighted by Crippen LogP contribution is 2.32. The molecule has 2 aliphatic rings. The van der Waals surface area contributed by atoms with Crippen LogP contribution in [0.4, 0.5) is 0 Å². The molecule has 0 unspecified atom stereocenters. The monoisotopic (exact) mass is 400 g/mol. The van der Waals surface area contributed by atoms with Gasteiger partial charge in [0.05, 0.1) is 4.91 Å². The third-order valence-corrected chi connectivity index (χ3v) is 6.06. The highest BCUT2D eigenvalue weighted by Gasteiger charge is 2.34. The van der Waals surface area contributed by atoms with Crippen LogP contribution in [0.25, 0.3) is 6.08 Å². The Labute approximate surface area is 170 Å². The molecule has 2 fully saturated rings. The maximum absolute atomic E-state index is 12.7. The molecule has 27 heavy (non-hydrogen) atoms. The summed E-state index contributed by atoms with van der Waals surface area (Å²) < 4.78 is 0.460. The lowest BCUT2D eigenvalue weighted by molar-refractivity contribution is -0.135. The van der Waals surface area contributed by atoms with E-state index in [9.17, 15) is 9.59 Å². The zero-order valence-corrected chi connectivity index (χ0v) is 17.2. The van der Waals surface area contributed by atoms with E-state index in [1.807, 2.05) is 54.3 Å². The molecule has 0 aromatic heterocycles. The lowest BCUT2D eigenvalue weighted by Crippen LogP contribution is -2.42. The van der Waals surface area contributed by atoms with E-state index in [0.717, 1.165) is 37.1 Å². The number of thioether (sulfide) groups is 1. The zero-order chi connectivity index (χ0) is 19.2. The molecule has 0 saturated carbocycles. The molecule has 0 spiro atoms. The maximum atomic E-state index is 12.7. The van der Waals surface area contributed by atoms with E-state index < -0.39 is 0 Å². The number of rotatable bonds is 4. The van der Waals surface area contributed by atoms with E-state index in [1.165, 1.54) is 29.5 Å². The fourth-order valence-corrected chi connectivity index (χ4v) is 4.56. The highest BCUT2D eigenvalue weighted by molar-refractivity contribution is 8.26. The van der Waals surface area contributed by atoms with Gasteiger partial charge in [-0.15, -0.1) is 0 Å². The smallest absolute Gasteiger partial charge is 0.266 e. The topological polar surface area (TPSA) is 40.6 Å².